The molecule has 0 N–H and O–H groups in total. The van der Waals surface area contributed by atoms with Gasteiger partial charge in [-0.05, 0) is 77.3 Å². The van der Waals surface area contributed by atoms with E-state index in [1.807, 2.05) is 0 Å². The highest BCUT2D eigenvalue weighted by Crippen LogP contribution is 2.56. The Balaban J connectivity index is 0.00000486. The summed E-state index contributed by atoms with van der Waals surface area (Å²) in [7, 11) is -4.95. The summed E-state index contributed by atoms with van der Waals surface area (Å²) in [6, 6.07) is 55.7. The number of aromatic nitrogens is 1. The standard InChI is InChI=1S/C44H47NOPSSi.HI/c1-35(33-37-34-48-36(2)45-37)43(46-49(44(3,4)5,41-27-17-9-18-28-41)42-29-19-10-20-30-42)31-32-47(38-21-11-6-12-22-38,39-23-13-7-14-24-39)40-25-15-8-16-26-40;/h6-30,33-34,43H,31-32H2,1-5H3;1H/q+1;/p-1/b35-33+;/t43-;/m0./s1. The van der Waals surface area contributed by atoms with Gasteiger partial charge in [-0.2, -0.15) is 0 Å². The van der Waals surface area contributed by atoms with Crippen molar-refractivity contribution < 1.29 is 28.4 Å². The van der Waals surface area contributed by atoms with E-state index in [4.69, 9.17) is 9.41 Å². The summed E-state index contributed by atoms with van der Waals surface area (Å²) in [6.07, 6.45) is 3.96. The fourth-order valence-electron chi connectivity index (χ4n) is 7.25. The molecule has 0 saturated heterocycles. The highest BCUT2D eigenvalue weighted by Gasteiger charge is 2.52. The Morgan fingerprint density at radius 2 is 1.10 bits per heavy atom. The van der Waals surface area contributed by atoms with E-state index in [1.165, 1.54) is 31.9 Å². The topological polar surface area (TPSA) is 22.1 Å². The number of hydrogen-bond donors (Lipinski definition) is 0. The van der Waals surface area contributed by atoms with Crippen LogP contribution in [0.5, 0.6) is 0 Å². The smallest absolute Gasteiger partial charge is 0.261 e. The van der Waals surface area contributed by atoms with E-state index in [9.17, 15) is 0 Å². The first-order valence-electron chi connectivity index (χ1n) is 17.2. The van der Waals surface area contributed by atoms with Crippen molar-refractivity contribution in [2.24, 2.45) is 0 Å². The molecule has 0 amide bonds. The van der Waals surface area contributed by atoms with Gasteiger partial charge in [0.25, 0.3) is 8.32 Å². The molecule has 0 radical (unpaired) electrons. The minimum atomic E-state index is -2.87. The van der Waals surface area contributed by atoms with Crippen LogP contribution in [0.2, 0.25) is 5.04 Å². The minimum absolute atomic E-state index is 0. The fraction of sp³-hybridized carbons (Fsp3) is 0.205. The van der Waals surface area contributed by atoms with Gasteiger partial charge in [0, 0.05) is 11.8 Å². The predicted molar refractivity (Wildman–Crippen MR) is 218 cm³/mol. The van der Waals surface area contributed by atoms with Gasteiger partial charge in [-0.25, -0.2) is 4.98 Å². The molecule has 0 aliphatic rings. The van der Waals surface area contributed by atoms with E-state index >= 15 is 0 Å². The first-order chi connectivity index (χ1) is 23.7. The number of rotatable bonds is 12. The predicted octanol–water partition coefficient (Wildman–Crippen LogP) is 6.19. The lowest BCUT2D eigenvalue weighted by atomic mass is 10.1. The van der Waals surface area contributed by atoms with E-state index in [2.05, 4.69) is 198 Å². The summed E-state index contributed by atoms with van der Waals surface area (Å²) in [5.74, 6) is 0. The van der Waals surface area contributed by atoms with Crippen molar-refractivity contribution in [3.05, 3.63) is 173 Å². The zero-order chi connectivity index (χ0) is 34.3. The summed E-state index contributed by atoms with van der Waals surface area (Å²) in [5, 5.41) is 9.88. The van der Waals surface area contributed by atoms with Crippen molar-refractivity contribution in [3.63, 3.8) is 0 Å². The van der Waals surface area contributed by atoms with Crippen LogP contribution in [0.3, 0.4) is 0 Å². The number of benzene rings is 5. The molecule has 1 heterocycles. The van der Waals surface area contributed by atoms with Gasteiger partial charge in [0.05, 0.1) is 23.0 Å². The molecule has 1 atom stereocenters. The molecule has 2 nitrogen and oxygen atoms in total. The molecule has 0 spiro atoms. The highest BCUT2D eigenvalue weighted by atomic mass is 127. The van der Waals surface area contributed by atoms with Gasteiger partial charge in [0.2, 0.25) is 0 Å². The van der Waals surface area contributed by atoms with Gasteiger partial charge in [-0.3, -0.25) is 0 Å². The molecule has 256 valence electrons. The maximum absolute atomic E-state index is 7.98. The van der Waals surface area contributed by atoms with Crippen molar-refractivity contribution in [1.29, 1.82) is 0 Å². The third-order valence-corrected chi connectivity index (χ3v) is 19.9. The number of halogens is 1. The number of thiazole rings is 1. The van der Waals surface area contributed by atoms with Crippen molar-refractivity contribution in [3.8, 4) is 0 Å². The molecule has 6 aromatic rings. The van der Waals surface area contributed by atoms with Crippen LogP contribution in [0.25, 0.3) is 6.08 Å². The summed E-state index contributed by atoms with van der Waals surface area (Å²) in [4.78, 5) is 4.85. The molecule has 0 aliphatic heterocycles. The van der Waals surface area contributed by atoms with Gasteiger partial charge < -0.3 is 28.4 Å². The molecule has 6 heteroatoms. The average Bonchev–Trinajstić information content (AvgIpc) is 3.55. The molecule has 0 bridgehead atoms. The van der Waals surface area contributed by atoms with Crippen molar-refractivity contribution in [1.82, 2.24) is 4.98 Å². The Labute approximate surface area is 322 Å². The number of nitrogens with zero attached hydrogens (tertiary/aromatic N) is 1. The third kappa shape index (κ3) is 7.98. The lowest BCUT2D eigenvalue weighted by Crippen LogP contribution is -3.00. The average molecular weight is 824 g/mol. The number of aryl methyl sites for hydroxylation is 1. The molecule has 5 aromatic carbocycles. The molecule has 50 heavy (non-hydrogen) atoms. The van der Waals surface area contributed by atoms with Crippen molar-refractivity contribution in [2.45, 2.75) is 52.2 Å². The lowest BCUT2D eigenvalue weighted by Gasteiger charge is -2.45. The molecule has 1 aromatic heterocycles. The summed E-state index contributed by atoms with van der Waals surface area (Å²) >= 11 is 1.70. The summed E-state index contributed by atoms with van der Waals surface area (Å²) in [6.45, 7) is 11.4. The first kappa shape index (κ1) is 38.0. The van der Waals surface area contributed by atoms with E-state index in [1.54, 1.807) is 11.3 Å². The molecule has 0 fully saturated rings. The van der Waals surface area contributed by atoms with Crippen LogP contribution < -0.4 is 50.3 Å². The van der Waals surface area contributed by atoms with Crippen LogP contribution in [-0.2, 0) is 4.43 Å². The Morgan fingerprint density at radius 3 is 1.46 bits per heavy atom. The Bertz CT molecular complexity index is 1810. The quantitative estimate of drug-likeness (QED) is 0.0836. The number of hydrogen-bond acceptors (Lipinski definition) is 3. The van der Waals surface area contributed by atoms with Crippen LogP contribution in [-0.4, -0.2) is 25.6 Å². The SMILES string of the molecule is C/C(=C\c1csc(C)n1)[C@H](CC[P+](c1ccccc1)(c1ccccc1)c1ccccc1)O[Si](c1ccccc1)(c1ccccc1)C(C)(C)C.[I-]. The maximum atomic E-state index is 7.98. The lowest BCUT2D eigenvalue weighted by molar-refractivity contribution is -0.0000107. The maximum Gasteiger partial charge on any atom is 0.261 e. The second-order valence-electron chi connectivity index (χ2n) is 13.8. The monoisotopic (exact) mass is 823 g/mol. The molecule has 0 unspecified atom stereocenters. The minimum Gasteiger partial charge on any atom is -1.00 e. The molecule has 6 rings (SSSR count). The van der Waals surface area contributed by atoms with E-state index < -0.39 is 15.6 Å². The third-order valence-electron chi connectivity index (χ3n) is 9.57. The zero-order valence-corrected chi connectivity index (χ0v) is 34.5. The zero-order valence-electron chi connectivity index (χ0n) is 29.7. The van der Waals surface area contributed by atoms with E-state index in [0.717, 1.165) is 23.3 Å². The second kappa shape index (κ2) is 16.9. The van der Waals surface area contributed by atoms with Gasteiger partial charge in [0.15, 0.2) is 0 Å². The van der Waals surface area contributed by atoms with Gasteiger partial charge >= 0.3 is 0 Å². The van der Waals surface area contributed by atoms with Crippen molar-refractivity contribution in [2.75, 3.05) is 6.16 Å². The highest BCUT2D eigenvalue weighted by molar-refractivity contribution is 7.95. The Kier molecular flexibility index (Phi) is 12.8. The normalized spacial score (nSPS) is 13.0. The van der Waals surface area contributed by atoms with Crippen LogP contribution >= 0.6 is 18.6 Å². The molecule has 0 saturated carbocycles. The molecule has 0 aliphatic carbocycles. The Hall–Kier alpha value is -3.19. The van der Waals surface area contributed by atoms with E-state index in [0.29, 0.717) is 0 Å². The molecular formula is C44H47INOPSSi. The van der Waals surface area contributed by atoms with Crippen LogP contribution in [0.4, 0.5) is 0 Å². The van der Waals surface area contributed by atoms with Crippen LogP contribution in [0.1, 0.15) is 44.8 Å². The first-order valence-corrected chi connectivity index (χ1v) is 21.9. The van der Waals surface area contributed by atoms with Crippen molar-refractivity contribution >= 4 is 59.3 Å². The van der Waals surface area contributed by atoms with Gasteiger partial charge in [-0.1, -0.05) is 136 Å². The molecular weight excluding hydrogens is 777 g/mol. The van der Waals surface area contributed by atoms with Crippen LogP contribution in [0.15, 0.2) is 163 Å². The summed E-state index contributed by atoms with van der Waals surface area (Å²) in [5.41, 5.74) is 2.22. The van der Waals surface area contributed by atoms with E-state index in [-0.39, 0.29) is 35.1 Å². The summed E-state index contributed by atoms with van der Waals surface area (Å²) < 4.78 is 7.98. The van der Waals surface area contributed by atoms with Gasteiger partial charge in [0.1, 0.15) is 23.2 Å². The van der Waals surface area contributed by atoms with Gasteiger partial charge in [-0.15, -0.1) is 11.3 Å². The Morgan fingerprint density at radius 1 is 0.700 bits per heavy atom. The largest absolute Gasteiger partial charge is 1.00 e. The fourth-order valence-corrected chi connectivity index (χ4v) is 16.9. The van der Waals surface area contributed by atoms with Crippen LogP contribution in [0, 0.1) is 6.92 Å². The second-order valence-corrected chi connectivity index (χ2v) is 22.7.